The van der Waals surface area contributed by atoms with Crippen molar-refractivity contribution in [1.82, 2.24) is 0 Å². The summed E-state index contributed by atoms with van der Waals surface area (Å²) in [6.45, 7) is 0. The molecule has 1 heterocycles. The molecular formula is C8H10O3S. The van der Waals surface area contributed by atoms with E-state index in [1.165, 1.54) is 11.8 Å². The molecule has 1 rings (SSSR count). The minimum Gasteiger partial charge on any atom is -0.481 e. The van der Waals surface area contributed by atoms with Crippen molar-refractivity contribution in [3.05, 3.63) is 18.4 Å². The molecule has 0 atom stereocenters. The van der Waals surface area contributed by atoms with Crippen LogP contribution >= 0.6 is 11.8 Å². The van der Waals surface area contributed by atoms with E-state index in [9.17, 15) is 4.79 Å². The summed E-state index contributed by atoms with van der Waals surface area (Å²) >= 11 is 1.54. The van der Waals surface area contributed by atoms with Crippen LogP contribution in [0.1, 0.15) is 12.8 Å². The Kier molecular flexibility index (Phi) is 3.73. The number of hydrogen-bond donors (Lipinski definition) is 1. The highest BCUT2D eigenvalue weighted by Gasteiger charge is 1.98. The molecule has 0 unspecified atom stereocenters. The maximum atomic E-state index is 10.1. The van der Waals surface area contributed by atoms with Crippen molar-refractivity contribution in [1.29, 1.82) is 0 Å². The molecule has 0 amide bonds. The molecule has 0 aliphatic rings. The number of thioether (sulfide) groups is 1. The van der Waals surface area contributed by atoms with E-state index < -0.39 is 5.97 Å². The Hall–Kier alpha value is -0.900. The lowest BCUT2D eigenvalue weighted by atomic mass is 10.3. The Labute approximate surface area is 74.8 Å². The van der Waals surface area contributed by atoms with Gasteiger partial charge in [-0.2, -0.15) is 0 Å². The number of carboxylic acids is 1. The molecule has 0 aliphatic heterocycles. The van der Waals surface area contributed by atoms with E-state index in [1.54, 1.807) is 6.26 Å². The third-order valence-electron chi connectivity index (χ3n) is 1.27. The van der Waals surface area contributed by atoms with Crippen LogP contribution in [0.25, 0.3) is 0 Å². The summed E-state index contributed by atoms with van der Waals surface area (Å²) in [5.74, 6) is 0.0508. The van der Waals surface area contributed by atoms with Gasteiger partial charge in [-0.15, -0.1) is 0 Å². The van der Waals surface area contributed by atoms with Gasteiger partial charge in [0.25, 0.3) is 0 Å². The van der Waals surface area contributed by atoms with Crippen LogP contribution in [0.2, 0.25) is 0 Å². The molecule has 0 aliphatic carbocycles. The number of carbonyl (C=O) groups is 1. The molecule has 0 aromatic carbocycles. The predicted molar refractivity (Wildman–Crippen MR) is 46.3 cm³/mol. The highest BCUT2D eigenvalue weighted by Crippen LogP contribution is 2.18. The molecule has 0 radical (unpaired) electrons. The molecule has 66 valence electrons. The third-order valence-corrected chi connectivity index (χ3v) is 2.28. The zero-order valence-corrected chi connectivity index (χ0v) is 7.34. The second kappa shape index (κ2) is 4.87. The molecule has 1 N–H and O–H groups in total. The first-order valence-electron chi connectivity index (χ1n) is 3.67. The van der Waals surface area contributed by atoms with Crippen LogP contribution < -0.4 is 0 Å². The van der Waals surface area contributed by atoms with Crippen LogP contribution in [0, 0.1) is 0 Å². The summed E-state index contributed by atoms with van der Waals surface area (Å²) in [6, 6.07) is 3.69. The van der Waals surface area contributed by atoms with Crippen LogP contribution in [0.4, 0.5) is 0 Å². The maximum absolute atomic E-state index is 10.1. The minimum absolute atomic E-state index is 0.230. The monoisotopic (exact) mass is 186 g/mol. The lowest BCUT2D eigenvalue weighted by Crippen LogP contribution is -1.94. The largest absolute Gasteiger partial charge is 0.481 e. The Morgan fingerprint density at radius 2 is 2.50 bits per heavy atom. The van der Waals surface area contributed by atoms with Crippen LogP contribution in [-0.2, 0) is 4.79 Å². The van der Waals surface area contributed by atoms with Gasteiger partial charge in [0.05, 0.1) is 6.26 Å². The van der Waals surface area contributed by atoms with Crippen molar-refractivity contribution in [3.8, 4) is 0 Å². The maximum Gasteiger partial charge on any atom is 0.303 e. The van der Waals surface area contributed by atoms with Gasteiger partial charge in [0.15, 0.2) is 5.09 Å². The van der Waals surface area contributed by atoms with Crippen molar-refractivity contribution >= 4 is 17.7 Å². The predicted octanol–water partition coefficient (Wildman–Crippen LogP) is 2.24. The highest BCUT2D eigenvalue weighted by atomic mass is 32.2. The van der Waals surface area contributed by atoms with E-state index >= 15 is 0 Å². The van der Waals surface area contributed by atoms with Gasteiger partial charge in [0.2, 0.25) is 0 Å². The lowest BCUT2D eigenvalue weighted by molar-refractivity contribution is -0.137. The second-order valence-electron chi connectivity index (χ2n) is 2.28. The van der Waals surface area contributed by atoms with Crippen LogP contribution in [0.3, 0.4) is 0 Å². The zero-order valence-electron chi connectivity index (χ0n) is 6.53. The fourth-order valence-corrected chi connectivity index (χ4v) is 1.53. The number of rotatable bonds is 5. The smallest absolute Gasteiger partial charge is 0.303 e. The molecule has 0 bridgehead atoms. The van der Waals surface area contributed by atoms with Gasteiger partial charge in [0.1, 0.15) is 0 Å². The van der Waals surface area contributed by atoms with E-state index in [2.05, 4.69) is 0 Å². The molecule has 0 fully saturated rings. The molecule has 12 heavy (non-hydrogen) atoms. The van der Waals surface area contributed by atoms with Crippen molar-refractivity contribution in [2.45, 2.75) is 17.9 Å². The van der Waals surface area contributed by atoms with Crippen LogP contribution in [-0.4, -0.2) is 16.8 Å². The standard InChI is InChI=1S/C8H10O3S/c9-7(10)3-2-6-12-8-4-1-5-11-8/h1,4-5H,2-3,6H2,(H,9,10). The summed E-state index contributed by atoms with van der Waals surface area (Å²) in [6.07, 6.45) is 2.52. The Bertz CT molecular complexity index is 230. The van der Waals surface area contributed by atoms with Crippen molar-refractivity contribution in [2.75, 3.05) is 5.75 Å². The quantitative estimate of drug-likeness (QED) is 0.566. The highest BCUT2D eigenvalue weighted by molar-refractivity contribution is 7.99. The van der Waals surface area contributed by atoms with Crippen molar-refractivity contribution in [3.63, 3.8) is 0 Å². The molecule has 0 spiro atoms. The van der Waals surface area contributed by atoms with E-state index in [1.807, 2.05) is 12.1 Å². The number of hydrogen-bond acceptors (Lipinski definition) is 3. The number of furan rings is 1. The number of carboxylic acid groups (broad SMARTS) is 1. The zero-order chi connectivity index (χ0) is 8.81. The SMILES string of the molecule is O=C(O)CCCSc1ccco1. The lowest BCUT2D eigenvalue weighted by Gasteiger charge is -1.94. The minimum atomic E-state index is -0.741. The molecule has 1 aromatic heterocycles. The normalized spacial score (nSPS) is 10.0. The first-order chi connectivity index (χ1) is 5.79. The summed E-state index contributed by atoms with van der Waals surface area (Å²) in [5, 5.41) is 9.19. The average molecular weight is 186 g/mol. The number of aliphatic carboxylic acids is 1. The van der Waals surface area contributed by atoms with Gasteiger partial charge >= 0.3 is 5.97 Å². The topological polar surface area (TPSA) is 50.4 Å². The van der Waals surface area contributed by atoms with E-state index in [0.29, 0.717) is 6.42 Å². The van der Waals surface area contributed by atoms with Crippen molar-refractivity contribution < 1.29 is 14.3 Å². The van der Waals surface area contributed by atoms with Gasteiger partial charge in [-0.1, -0.05) is 11.8 Å². The van der Waals surface area contributed by atoms with E-state index in [-0.39, 0.29) is 6.42 Å². The molecule has 4 heteroatoms. The second-order valence-corrected chi connectivity index (χ2v) is 3.38. The first kappa shape index (κ1) is 9.19. The summed E-state index contributed by atoms with van der Waals surface area (Å²) in [7, 11) is 0. The Balaban J connectivity index is 2.07. The molecule has 0 saturated heterocycles. The molecule has 0 saturated carbocycles. The Morgan fingerprint density at radius 1 is 1.67 bits per heavy atom. The van der Waals surface area contributed by atoms with Crippen LogP contribution in [0.5, 0.6) is 0 Å². The average Bonchev–Trinajstić information content (AvgIpc) is 2.49. The van der Waals surface area contributed by atoms with Gasteiger partial charge in [-0.3, -0.25) is 4.79 Å². The summed E-state index contributed by atoms with van der Waals surface area (Å²) in [4.78, 5) is 10.1. The summed E-state index contributed by atoms with van der Waals surface area (Å²) < 4.78 is 5.06. The van der Waals surface area contributed by atoms with Crippen molar-refractivity contribution in [2.24, 2.45) is 0 Å². The fraction of sp³-hybridized carbons (Fsp3) is 0.375. The molecule has 3 nitrogen and oxygen atoms in total. The van der Waals surface area contributed by atoms with Gasteiger partial charge in [0, 0.05) is 12.2 Å². The van der Waals surface area contributed by atoms with Gasteiger partial charge in [-0.25, -0.2) is 0 Å². The summed E-state index contributed by atoms with van der Waals surface area (Å²) in [5.41, 5.74) is 0. The fourth-order valence-electron chi connectivity index (χ4n) is 0.742. The van der Waals surface area contributed by atoms with E-state index in [0.717, 1.165) is 10.8 Å². The molecule has 1 aromatic rings. The van der Waals surface area contributed by atoms with Gasteiger partial charge < -0.3 is 9.52 Å². The van der Waals surface area contributed by atoms with E-state index in [4.69, 9.17) is 9.52 Å². The van der Waals surface area contributed by atoms with Crippen LogP contribution in [0.15, 0.2) is 27.9 Å². The van der Waals surface area contributed by atoms with Gasteiger partial charge in [-0.05, 0) is 18.6 Å². The first-order valence-corrected chi connectivity index (χ1v) is 4.65. The third kappa shape index (κ3) is 3.48. The Morgan fingerprint density at radius 3 is 3.08 bits per heavy atom. The molecular weight excluding hydrogens is 176 g/mol.